The molecule has 1 aliphatic rings. The van der Waals surface area contributed by atoms with E-state index in [2.05, 4.69) is 22.3 Å². The summed E-state index contributed by atoms with van der Waals surface area (Å²) in [4.78, 5) is 28.5. The van der Waals surface area contributed by atoms with Crippen LogP contribution in [0.1, 0.15) is 22.3 Å². The van der Waals surface area contributed by atoms with E-state index in [4.69, 9.17) is 0 Å². The van der Waals surface area contributed by atoms with E-state index in [0.717, 1.165) is 38.2 Å². The van der Waals surface area contributed by atoms with Gasteiger partial charge < -0.3 is 10.2 Å². The van der Waals surface area contributed by atoms with E-state index in [-0.39, 0.29) is 18.0 Å². The SMILES string of the molecule is O=C(NCC(=O)N1CCCN(Cc2ccccc2)CC1)c1ccc(F)cc1F. The highest BCUT2D eigenvalue weighted by molar-refractivity contribution is 5.96. The molecule has 0 aromatic heterocycles. The van der Waals surface area contributed by atoms with Crippen LogP contribution in [-0.4, -0.2) is 54.3 Å². The predicted molar refractivity (Wildman–Crippen MR) is 102 cm³/mol. The summed E-state index contributed by atoms with van der Waals surface area (Å²) in [6.45, 7) is 3.46. The number of nitrogens with zero attached hydrogens (tertiary/aromatic N) is 2. The first-order chi connectivity index (χ1) is 13.5. The second-order valence-electron chi connectivity index (χ2n) is 6.80. The molecule has 2 aromatic rings. The average molecular weight is 387 g/mol. The largest absolute Gasteiger partial charge is 0.343 e. The lowest BCUT2D eigenvalue weighted by Crippen LogP contribution is -2.42. The Labute approximate surface area is 162 Å². The van der Waals surface area contributed by atoms with Crippen LogP contribution < -0.4 is 5.32 Å². The van der Waals surface area contributed by atoms with E-state index in [1.165, 1.54) is 5.56 Å². The minimum absolute atomic E-state index is 0.211. The molecule has 7 heteroatoms. The second-order valence-corrected chi connectivity index (χ2v) is 6.80. The number of hydrogen-bond donors (Lipinski definition) is 1. The Balaban J connectivity index is 1.48. The Morgan fingerprint density at radius 2 is 1.75 bits per heavy atom. The number of amides is 2. The van der Waals surface area contributed by atoms with Crippen molar-refractivity contribution in [1.29, 1.82) is 0 Å². The molecule has 2 amide bonds. The Bertz CT molecular complexity index is 830. The topological polar surface area (TPSA) is 52.7 Å². The standard InChI is InChI=1S/C21H23F2N3O2/c22-17-7-8-18(19(23)13-17)21(28)24-14-20(27)26-10-4-9-25(11-12-26)15-16-5-2-1-3-6-16/h1-3,5-8,13H,4,9-12,14-15H2,(H,24,28). The van der Waals surface area contributed by atoms with Crippen LogP contribution in [0.25, 0.3) is 0 Å². The van der Waals surface area contributed by atoms with Crippen molar-refractivity contribution in [1.82, 2.24) is 15.1 Å². The maximum Gasteiger partial charge on any atom is 0.254 e. The molecule has 0 atom stereocenters. The Kier molecular flexibility index (Phi) is 6.71. The fraction of sp³-hybridized carbons (Fsp3) is 0.333. The van der Waals surface area contributed by atoms with Gasteiger partial charge in [0.25, 0.3) is 5.91 Å². The van der Waals surface area contributed by atoms with E-state index in [1.807, 2.05) is 18.2 Å². The smallest absolute Gasteiger partial charge is 0.254 e. The summed E-state index contributed by atoms with van der Waals surface area (Å²) in [6, 6.07) is 12.9. The number of halogens is 2. The zero-order valence-corrected chi connectivity index (χ0v) is 15.5. The van der Waals surface area contributed by atoms with Gasteiger partial charge in [0.15, 0.2) is 0 Å². The number of rotatable bonds is 5. The van der Waals surface area contributed by atoms with Gasteiger partial charge in [0.2, 0.25) is 5.91 Å². The van der Waals surface area contributed by atoms with Gasteiger partial charge >= 0.3 is 0 Å². The summed E-state index contributed by atoms with van der Waals surface area (Å²) in [5, 5.41) is 2.42. The number of hydrogen-bond acceptors (Lipinski definition) is 3. The van der Waals surface area contributed by atoms with Crippen molar-refractivity contribution >= 4 is 11.8 Å². The number of benzene rings is 2. The van der Waals surface area contributed by atoms with E-state index in [9.17, 15) is 18.4 Å². The zero-order chi connectivity index (χ0) is 19.9. The third-order valence-corrected chi connectivity index (χ3v) is 4.77. The Morgan fingerprint density at radius 3 is 2.50 bits per heavy atom. The first-order valence-electron chi connectivity index (χ1n) is 9.30. The molecule has 1 N–H and O–H groups in total. The molecular formula is C21H23F2N3O2. The van der Waals surface area contributed by atoms with Crippen molar-refractivity contribution in [2.75, 3.05) is 32.7 Å². The van der Waals surface area contributed by atoms with Crippen molar-refractivity contribution in [2.45, 2.75) is 13.0 Å². The van der Waals surface area contributed by atoms with Gasteiger partial charge in [0.05, 0.1) is 12.1 Å². The predicted octanol–water partition coefficient (Wildman–Crippen LogP) is 2.43. The molecule has 1 heterocycles. The van der Waals surface area contributed by atoms with Crippen molar-refractivity contribution < 1.29 is 18.4 Å². The van der Waals surface area contributed by atoms with Crippen LogP contribution in [-0.2, 0) is 11.3 Å². The summed E-state index contributed by atoms with van der Waals surface area (Å²) in [6.07, 6.45) is 0.846. The van der Waals surface area contributed by atoms with Crippen LogP contribution in [0, 0.1) is 11.6 Å². The van der Waals surface area contributed by atoms with E-state index in [1.54, 1.807) is 4.90 Å². The zero-order valence-electron chi connectivity index (χ0n) is 15.5. The lowest BCUT2D eigenvalue weighted by atomic mass is 10.2. The monoisotopic (exact) mass is 387 g/mol. The molecule has 28 heavy (non-hydrogen) atoms. The molecule has 148 valence electrons. The first kappa shape index (κ1) is 19.9. The van der Waals surface area contributed by atoms with Gasteiger partial charge in [-0.3, -0.25) is 14.5 Å². The fourth-order valence-corrected chi connectivity index (χ4v) is 3.26. The van der Waals surface area contributed by atoms with Gasteiger partial charge in [-0.25, -0.2) is 8.78 Å². The van der Waals surface area contributed by atoms with Crippen molar-refractivity contribution in [3.8, 4) is 0 Å². The third-order valence-electron chi connectivity index (χ3n) is 4.77. The lowest BCUT2D eigenvalue weighted by Gasteiger charge is -2.22. The minimum atomic E-state index is -0.948. The quantitative estimate of drug-likeness (QED) is 0.857. The third kappa shape index (κ3) is 5.36. The van der Waals surface area contributed by atoms with Crippen LogP contribution in [0.4, 0.5) is 8.78 Å². The molecule has 3 rings (SSSR count). The van der Waals surface area contributed by atoms with Crippen molar-refractivity contribution in [3.05, 3.63) is 71.3 Å². The summed E-state index contributed by atoms with van der Waals surface area (Å²) >= 11 is 0. The van der Waals surface area contributed by atoms with Gasteiger partial charge in [0, 0.05) is 38.8 Å². The van der Waals surface area contributed by atoms with Crippen LogP contribution in [0.5, 0.6) is 0 Å². The molecule has 0 saturated carbocycles. The molecule has 1 saturated heterocycles. The van der Waals surface area contributed by atoms with E-state index < -0.39 is 17.5 Å². The molecule has 5 nitrogen and oxygen atoms in total. The van der Waals surface area contributed by atoms with Gasteiger partial charge in [-0.15, -0.1) is 0 Å². The molecule has 0 spiro atoms. The maximum atomic E-state index is 13.7. The highest BCUT2D eigenvalue weighted by Crippen LogP contribution is 2.10. The lowest BCUT2D eigenvalue weighted by molar-refractivity contribution is -0.130. The van der Waals surface area contributed by atoms with Crippen LogP contribution in [0.3, 0.4) is 0 Å². The highest BCUT2D eigenvalue weighted by atomic mass is 19.1. The molecule has 0 unspecified atom stereocenters. The fourth-order valence-electron chi connectivity index (χ4n) is 3.26. The van der Waals surface area contributed by atoms with Crippen LogP contribution in [0.15, 0.2) is 48.5 Å². The maximum absolute atomic E-state index is 13.7. The number of nitrogens with one attached hydrogen (secondary N) is 1. The molecule has 0 radical (unpaired) electrons. The van der Waals surface area contributed by atoms with E-state index >= 15 is 0 Å². The number of carbonyl (C=O) groups is 2. The Morgan fingerprint density at radius 1 is 0.964 bits per heavy atom. The normalized spacial score (nSPS) is 15.1. The Hall–Kier alpha value is -2.80. The summed E-state index contributed by atoms with van der Waals surface area (Å²) in [5.74, 6) is -2.64. The highest BCUT2D eigenvalue weighted by Gasteiger charge is 2.20. The molecule has 0 aliphatic carbocycles. The summed E-state index contributed by atoms with van der Waals surface area (Å²) in [5.41, 5.74) is 0.954. The van der Waals surface area contributed by atoms with E-state index in [0.29, 0.717) is 19.2 Å². The number of carbonyl (C=O) groups excluding carboxylic acids is 2. The molecule has 1 aliphatic heterocycles. The van der Waals surface area contributed by atoms with Crippen molar-refractivity contribution in [3.63, 3.8) is 0 Å². The minimum Gasteiger partial charge on any atom is -0.343 e. The molecular weight excluding hydrogens is 364 g/mol. The van der Waals surface area contributed by atoms with Crippen LogP contribution in [0.2, 0.25) is 0 Å². The molecule has 0 bridgehead atoms. The van der Waals surface area contributed by atoms with Crippen molar-refractivity contribution in [2.24, 2.45) is 0 Å². The summed E-state index contributed by atoms with van der Waals surface area (Å²) in [7, 11) is 0. The van der Waals surface area contributed by atoms with Gasteiger partial charge in [-0.1, -0.05) is 30.3 Å². The second kappa shape index (κ2) is 9.41. The first-order valence-corrected chi connectivity index (χ1v) is 9.30. The molecule has 2 aromatic carbocycles. The molecule has 1 fully saturated rings. The van der Waals surface area contributed by atoms with Gasteiger partial charge in [-0.05, 0) is 24.1 Å². The van der Waals surface area contributed by atoms with Gasteiger partial charge in [-0.2, -0.15) is 0 Å². The average Bonchev–Trinajstić information content (AvgIpc) is 2.92. The summed E-state index contributed by atoms with van der Waals surface area (Å²) < 4.78 is 26.6. The van der Waals surface area contributed by atoms with Crippen LogP contribution >= 0.6 is 0 Å². The van der Waals surface area contributed by atoms with Gasteiger partial charge in [0.1, 0.15) is 11.6 Å².